The van der Waals surface area contributed by atoms with Gasteiger partial charge in [0.2, 0.25) is 5.91 Å². The lowest BCUT2D eigenvalue weighted by Crippen LogP contribution is -2.36. The fourth-order valence-corrected chi connectivity index (χ4v) is 4.68. The largest absolute Gasteiger partial charge is 0.389 e. The summed E-state index contributed by atoms with van der Waals surface area (Å²) in [6.45, 7) is 1.03. The van der Waals surface area contributed by atoms with Gasteiger partial charge in [0.15, 0.2) is 0 Å². The summed E-state index contributed by atoms with van der Waals surface area (Å²) in [5, 5.41) is 12.0. The second kappa shape index (κ2) is 7.78. The fourth-order valence-electron chi connectivity index (χ4n) is 4.68. The molecule has 31 heavy (non-hydrogen) atoms. The van der Waals surface area contributed by atoms with Crippen LogP contribution in [0.1, 0.15) is 17.9 Å². The number of aromatic nitrogens is 1. The molecule has 0 spiro atoms. The first-order valence-electron chi connectivity index (χ1n) is 10.4. The minimum atomic E-state index is -0.813. The SMILES string of the molecule is O=C1C(c2ccccc2)CCN1CC(O)Cn1c2ccc(F)cc2c2cc(F)ccc21. The first kappa shape index (κ1) is 19.7. The van der Waals surface area contributed by atoms with E-state index in [4.69, 9.17) is 0 Å². The van der Waals surface area contributed by atoms with Crippen LogP contribution in [0.4, 0.5) is 8.78 Å². The van der Waals surface area contributed by atoms with Gasteiger partial charge in [-0.15, -0.1) is 0 Å². The highest BCUT2D eigenvalue weighted by atomic mass is 19.1. The zero-order chi connectivity index (χ0) is 21.5. The highest BCUT2D eigenvalue weighted by Crippen LogP contribution is 2.31. The monoisotopic (exact) mass is 420 g/mol. The number of carbonyl (C=O) groups is 1. The van der Waals surface area contributed by atoms with Crippen molar-refractivity contribution in [2.24, 2.45) is 0 Å². The lowest BCUT2D eigenvalue weighted by atomic mass is 9.98. The smallest absolute Gasteiger partial charge is 0.230 e. The van der Waals surface area contributed by atoms with Crippen LogP contribution in [0, 0.1) is 11.6 Å². The van der Waals surface area contributed by atoms with E-state index in [1.54, 1.807) is 17.0 Å². The molecule has 6 heteroatoms. The van der Waals surface area contributed by atoms with Crippen LogP contribution in [0.5, 0.6) is 0 Å². The summed E-state index contributed by atoms with van der Waals surface area (Å²) in [7, 11) is 0. The number of β-amino-alcohol motifs (C(OH)–C–C–N with tert-alkyl or cyclic N) is 1. The number of hydrogen-bond acceptors (Lipinski definition) is 2. The zero-order valence-corrected chi connectivity index (χ0v) is 16.8. The van der Waals surface area contributed by atoms with Crippen molar-refractivity contribution in [3.8, 4) is 0 Å². The van der Waals surface area contributed by atoms with Crippen molar-refractivity contribution >= 4 is 27.7 Å². The molecule has 4 nitrogen and oxygen atoms in total. The number of nitrogens with zero attached hydrogens (tertiary/aromatic N) is 2. The predicted octanol–water partition coefficient (Wildman–Crippen LogP) is 4.45. The Hall–Kier alpha value is -3.25. The Labute approximate surface area is 178 Å². The van der Waals surface area contributed by atoms with Crippen molar-refractivity contribution in [3.05, 3.63) is 83.9 Å². The lowest BCUT2D eigenvalue weighted by Gasteiger charge is -2.22. The molecule has 158 valence electrons. The Morgan fingerprint density at radius 1 is 0.903 bits per heavy atom. The third-order valence-electron chi connectivity index (χ3n) is 6.11. The quantitative estimate of drug-likeness (QED) is 0.519. The molecule has 5 rings (SSSR count). The number of rotatable bonds is 5. The van der Waals surface area contributed by atoms with E-state index in [0.717, 1.165) is 23.0 Å². The van der Waals surface area contributed by atoms with Crippen LogP contribution < -0.4 is 0 Å². The second-order valence-electron chi connectivity index (χ2n) is 8.12. The van der Waals surface area contributed by atoms with Crippen LogP contribution in [0.15, 0.2) is 66.7 Å². The molecule has 4 aromatic rings. The van der Waals surface area contributed by atoms with Gasteiger partial charge in [-0.05, 0) is 48.4 Å². The molecule has 0 radical (unpaired) electrons. The highest BCUT2D eigenvalue weighted by Gasteiger charge is 2.33. The van der Waals surface area contributed by atoms with Crippen LogP contribution >= 0.6 is 0 Å². The topological polar surface area (TPSA) is 45.5 Å². The van der Waals surface area contributed by atoms with Gasteiger partial charge >= 0.3 is 0 Å². The van der Waals surface area contributed by atoms with E-state index in [0.29, 0.717) is 17.3 Å². The fraction of sp³-hybridized carbons (Fsp3) is 0.240. The van der Waals surface area contributed by atoms with Gasteiger partial charge in [-0.25, -0.2) is 8.78 Å². The summed E-state index contributed by atoms with van der Waals surface area (Å²) in [6.07, 6.45) is -0.0869. The first-order valence-corrected chi connectivity index (χ1v) is 10.4. The maximum atomic E-state index is 13.8. The molecule has 2 atom stereocenters. The van der Waals surface area contributed by atoms with Gasteiger partial charge in [0.05, 0.1) is 18.6 Å². The van der Waals surface area contributed by atoms with E-state index in [9.17, 15) is 18.7 Å². The van der Waals surface area contributed by atoms with Crippen LogP contribution in [0.25, 0.3) is 21.8 Å². The lowest BCUT2D eigenvalue weighted by molar-refractivity contribution is -0.130. The van der Waals surface area contributed by atoms with E-state index >= 15 is 0 Å². The molecule has 1 N–H and O–H groups in total. The minimum absolute atomic E-state index is 0.0246. The van der Waals surface area contributed by atoms with Crippen LogP contribution in [-0.2, 0) is 11.3 Å². The third-order valence-corrected chi connectivity index (χ3v) is 6.11. The molecule has 0 aliphatic carbocycles. The molecule has 1 aliphatic rings. The Kier molecular flexibility index (Phi) is 4.94. The van der Waals surface area contributed by atoms with Crippen molar-refractivity contribution in [3.63, 3.8) is 0 Å². The van der Waals surface area contributed by atoms with E-state index < -0.39 is 17.7 Å². The zero-order valence-electron chi connectivity index (χ0n) is 16.8. The maximum absolute atomic E-state index is 13.8. The summed E-state index contributed by atoms with van der Waals surface area (Å²) < 4.78 is 29.5. The molecule has 1 fully saturated rings. The van der Waals surface area contributed by atoms with Crippen molar-refractivity contribution in [1.29, 1.82) is 0 Å². The first-order chi connectivity index (χ1) is 15.0. The molecule has 1 amide bonds. The Balaban J connectivity index is 1.39. The molecule has 1 saturated heterocycles. The molecule has 0 saturated carbocycles. The number of benzene rings is 3. The van der Waals surface area contributed by atoms with E-state index in [1.165, 1.54) is 24.3 Å². The maximum Gasteiger partial charge on any atom is 0.230 e. The predicted molar refractivity (Wildman–Crippen MR) is 116 cm³/mol. The number of hydrogen-bond donors (Lipinski definition) is 1. The molecule has 0 bridgehead atoms. The summed E-state index contributed by atoms with van der Waals surface area (Å²) in [4.78, 5) is 14.6. The van der Waals surface area contributed by atoms with Crippen LogP contribution in [-0.4, -0.2) is 39.7 Å². The second-order valence-corrected chi connectivity index (χ2v) is 8.12. The van der Waals surface area contributed by atoms with Gasteiger partial charge in [0.1, 0.15) is 11.6 Å². The van der Waals surface area contributed by atoms with Gasteiger partial charge in [0, 0.05) is 34.9 Å². The standard InChI is InChI=1S/C25H22F2N2O2/c26-17-6-8-23-21(12-17)22-13-18(27)7-9-24(22)29(23)15-19(30)14-28-11-10-20(25(28)31)16-4-2-1-3-5-16/h1-9,12-13,19-20,30H,10-11,14-15H2. The highest BCUT2D eigenvalue weighted by molar-refractivity contribution is 6.08. The van der Waals surface area contributed by atoms with Crippen LogP contribution in [0.2, 0.25) is 0 Å². The molecule has 2 heterocycles. The van der Waals surface area contributed by atoms with Crippen molar-refractivity contribution < 1.29 is 18.7 Å². The van der Waals surface area contributed by atoms with Gasteiger partial charge in [-0.2, -0.15) is 0 Å². The molecular formula is C25H22F2N2O2. The number of amides is 1. The molecular weight excluding hydrogens is 398 g/mol. The average Bonchev–Trinajstić information content (AvgIpc) is 3.26. The summed E-state index contributed by atoms with van der Waals surface area (Å²) >= 11 is 0. The molecule has 3 aromatic carbocycles. The number of aliphatic hydroxyl groups is 1. The average molecular weight is 420 g/mol. The van der Waals surface area contributed by atoms with E-state index in [2.05, 4.69) is 0 Å². The van der Waals surface area contributed by atoms with Gasteiger partial charge in [-0.3, -0.25) is 4.79 Å². The summed E-state index contributed by atoms with van der Waals surface area (Å²) in [5.41, 5.74) is 2.43. The van der Waals surface area contributed by atoms with E-state index in [1.807, 2.05) is 34.9 Å². The van der Waals surface area contributed by atoms with Crippen LogP contribution in [0.3, 0.4) is 0 Å². The number of halogens is 2. The van der Waals surface area contributed by atoms with Crippen molar-refractivity contribution in [1.82, 2.24) is 9.47 Å². The number of fused-ring (bicyclic) bond motifs is 3. The number of likely N-dealkylation sites (tertiary alicyclic amines) is 1. The summed E-state index contributed by atoms with van der Waals surface area (Å²) in [6, 6.07) is 18.4. The molecule has 1 aliphatic heterocycles. The Morgan fingerprint density at radius 3 is 2.13 bits per heavy atom. The Morgan fingerprint density at radius 2 is 1.52 bits per heavy atom. The van der Waals surface area contributed by atoms with Gasteiger partial charge in [-0.1, -0.05) is 30.3 Å². The van der Waals surface area contributed by atoms with Crippen molar-refractivity contribution in [2.45, 2.75) is 25.0 Å². The van der Waals surface area contributed by atoms with Gasteiger partial charge < -0.3 is 14.6 Å². The number of carbonyl (C=O) groups excluding carboxylic acids is 1. The summed E-state index contributed by atoms with van der Waals surface area (Å²) in [5.74, 6) is -0.943. The van der Waals surface area contributed by atoms with Gasteiger partial charge in [0.25, 0.3) is 0 Å². The molecule has 2 unspecified atom stereocenters. The molecule has 1 aromatic heterocycles. The van der Waals surface area contributed by atoms with E-state index in [-0.39, 0.29) is 24.9 Å². The Bertz CT molecular complexity index is 1210. The van der Waals surface area contributed by atoms with Crippen molar-refractivity contribution in [2.75, 3.05) is 13.1 Å². The normalized spacial score (nSPS) is 17.7. The minimum Gasteiger partial charge on any atom is -0.389 e. The third kappa shape index (κ3) is 3.57. The number of aliphatic hydroxyl groups excluding tert-OH is 1.